The van der Waals surface area contributed by atoms with Gasteiger partial charge in [0, 0.05) is 18.2 Å². The van der Waals surface area contributed by atoms with Crippen LogP contribution < -0.4 is 5.32 Å². The second-order valence-corrected chi connectivity index (χ2v) is 5.79. The van der Waals surface area contributed by atoms with Gasteiger partial charge >= 0.3 is 5.97 Å². The predicted molar refractivity (Wildman–Crippen MR) is 82.0 cm³/mol. The Morgan fingerprint density at radius 1 is 1.38 bits per heavy atom. The van der Waals surface area contributed by atoms with Crippen LogP contribution in [0.5, 0.6) is 0 Å². The highest BCUT2D eigenvalue weighted by molar-refractivity contribution is 5.95. The fourth-order valence-corrected chi connectivity index (χ4v) is 2.80. The lowest BCUT2D eigenvalue weighted by atomic mass is 10.1. The van der Waals surface area contributed by atoms with Crippen LogP contribution in [0.3, 0.4) is 0 Å². The molecule has 0 heterocycles. The van der Waals surface area contributed by atoms with Crippen molar-refractivity contribution in [2.45, 2.75) is 26.2 Å². The lowest BCUT2D eigenvalue weighted by molar-refractivity contribution is -0.131. The van der Waals surface area contributed by atoms with Gasteiger partial charge < -0.3 is 10.4 Å². The molecule has 21 heavy (non-hydrogen) atoms. The summed E-state index contributed by atoms with van der Waals surface area (Å²) in [5.74, 6) is 0.246. The molecule has 1 amide bonds. The lowest BCUT2D eigenvalue weighted by Crippen LogP contribution is -2.28. The van der Waals surface area contributed by atoms with Crippen molar-refractivity contribution in [2.75, 3.05) is 6.54 Å². The van der Waals surface area contributed by atoms with Crippen LogP contribution in [0.25, 0.3) is 6.08 Å². The number of carbonyl (C=O) groups excluding carboxylic acids is 1. The van der Waals surface area contributed by atoms with Gasteiger partial charge in [0.15, 0.2) is 0 Å². The maximum Gasteiger partial charge on any atom is 0.328 e. The summed E-state index contributed by atoms with van der Waals surface area (Å²) in [5, 5.41) is 11.6. The smallest absolute Gasteiger partial charge is 0.328 e. The zero-order valence-corrected chi connectivity index (χ0v) is 12.2. The second kappa shape index (κ2) is 7.07. The Hall–Kier alpha value is -2.10. The molecule has 4 nitrogen and oxygen atoms in total. The summed E-state index contributed by atoms with van der Waals surface area (Å²) in [5.41, 5.74) is 1.27. The van der Waals surface area contributed by atoms with Gasteiger partial charge in [0.05, 0.1) is 0 Å². The van der Waals surface area contributed by atoms with Gasteiger partial charge in [-0.2, -0.15) is 0 Å². The maximum absolute atomic E-state index is 12.1. The van der Waals surface area contributed by atoms with Crippen molar-refractivity contribution in [3.63, 3.8) is 0 Å². The third-order valence-corrected chi connectivity index (χ3v) is 3.92. The van der Waals surface area contributed by atoms with Crippen molar-refractivity contribution in [3.05, 3.63) is 41.5 Å². The van der Waals surface area contributed by atoms with Gasteiger partial charge in [-0.1, -0.05) is 25.5 Å². The summed E-state index contributed by atoms with van der Waals surface area (Å²) < 4.78 is 0. The number of carboxylic acid groups (broad SMARTS) is 1. The van der Waals surface area contributed by atoms with E-state index in [2.05, 4.69) is 12.2 Å². The van der Waals surface area contributed by atoms with Gasteiger partial charge in [0.25, 0.3) is 5.91 Å². The van der Waals surface area contributed by atoms with Crippen molar-refractivity contribution < 1.29 is 14.7 Å². The molecule has 0 bridgehead atoms. The summed E-state index contributed by atoms with van der Waals surface area (Å²) >= 11 is 0. The van der Waals surface area contributed by atoms with Crippen LogP contribution in [-0.4, -0.2) is 23.5 Å². The molecule has 0 aliphatic heterocycles. The van der Waals surface area contributed by atoms with E-state index in [1.54, 1.807) is 24.3 Å². The van der Waals surface area contributed by atoms with Gasteiger partial charge in [-0.05, 0) is 48.4 Å². The summed E-state index contributed by atoms with van der Waals surface area (Å²) in [6.45, 7) is 2.97. The number of carboxylic acids is 1. The first-order valence-corrected chi connectivity index (χ1v) is 7.34. The molecule has 1 aromatic rings. The van der Waals surface area contributed by atoms with E-state index in [9.17, 15) is 9.59 Å². The summed E-state index contributed by atoms with van der Waals surface area (Å²) in [4.78, 5) is 22.6. The Morgan fingerprint density at radius 3 is 2.86 bits per heavy atom. The number of hydrogen-bond donors (Lipinski definition) is 2. The molecular weight excluding hydrogens is 266 g/mol. The molecule has 4 heteroatoms. The normalized spacial score (nSPS) is 21.6. The fourth-order valence-electron chi connectivity index (χ4n) is 2.80. The summed E-state index contributed by atoms with van der Waals surface area (Å²) in [6, 6.07) is 6.97. The van der Waals surface area contributed by atoms with Crippen LogP contribution >= 0.6 is 0 Å². The van der Waals surface area contributed by atoms with E-state index < -0.39 is 5.97 Å². The van der Waals surface area contributed by atoms with Crippen LogP contribution in [0.1, 0.15) is 42.1 Å². The van der Waals surface area contributed by atoms with Crippen molar-refractivity contribution >= 4 is 18.0 Å². The molecule has 1 saturated carbocycles. The number of amides is 1. The molecule has 0 aromatic heterocycles. The van der Waals surface area contributed by atoms with E-state index in [-0.39, 0.29) is 5.91 Å². The fraction of sp³-hybridized carbons (Fsp3) is 0.412. The number of hydrogen-bond acceptors (Lipinski definition) is 2. The minimum atomic E-state index is -1.000. The number of rotatable bonds is 5. The van der Waals surface area contributed by atoms with Crippen LogP contribution in [0.2, 0.25) is 0 Å². The van der Waals surface area contributed by atoms with Crippen molar-refractivity contribution in [2.24, 2.45) is 11.8 Å². The van der Waals surface area contributed by atoms with Crippen molar-refractivity contribution in [1.82, 2.24) is 5.32 Å². The Bertz CT molecular complexity index is 551. The SMILES string of the molecule is CC1CCC(CNC(=O)c2cccc(/C=C/C(=O)O)c2)C1. The van der Waals surface area contributed by atoms with Crippen molar-refractivity contribution in [3.8, 4) is 0 Å². The van der Waals surface area contributed by atoms with Gasteiger partial charge in [0.2, 0.25) is 0 Å². The molecule has 0 radical (unpaired) electrons. The van der Waals surface area contributed by atoms with E-state index in [1.165, 1.54) is 25.3 Å². The monoisotopic (exact) mass is 287 g/mol. The van der Waals surface area contributed by atoms with E-state index >= 15 is 0 Å². The third-order valence-electron chi connectivity index (χ3n) is 3.92. The van der Waals surface area contributed by atoms with Gasteiger partial charge in [-0.25, -0.2) is 4.79 Å². The topological polar surface area (TPSA) is 66.4 Å². The number of nitrogens with one attached hydrogen (secondary N) is 1. The minimum Gasteiger partial charge on any atom is -0.478 e. The number of aliphatic carboxylic acids is 1. The standard InChI is InChI=1S/C17H21NO3/c1-12-5-6-14(9-12)11-18-17(21)15-4-2-3-13(10-15)7-8-16(19)20/h2-4,7-8,10,12,14H,5-6,9,11H2,1H3,(H,18,21)(H,19,20)/b8-7+. The van der Waals surface area contributed by atoms with Gasteiger partial charge in [-0.3, -0.25) is 4.79 Å². The van der Waals surface area contributed by atoms with E-state index in [0.717, 1.165) is 18.5 Å². The Morgan fingerprint density at radius 2 is 2.19 bits per heavy atom. The zero-order valence-electron chi connectivity index (χ0n) is 12.2. The quantitative estimate of drug-likeness (QED) is 0.818. The Kier molecular flexibility index (Phi) is 5.14. The van der Waals surface area contributed by atoms with E-state index in [0.29, 0.717) is 17.0 Å². The first kappa shape index (κ1) is 15.3. The zero-order chi connectivity index (χ0) is 15.2. The van der Waals surface area contributed by atoms with Crippen LogP contribution in [-0.2, 0) is 4.79 Å². The number of benzene rings is 1. The molecule has 2 atom stereocenters. The highest BCUT2D eigenvalue weighted by atomic mass is 16.4. The van der Waals surface area contributed by atoms with Crippen LogP contribution in [0.4, 0.5) is 0 Å². The van der Waals surface area contributed by atoms with Crippen LogP contribution in [0, 0.1) is 11.8 Å². The summed E-state index contributed by atoms with van der Waals surface area (Å²) in [7, 11) is 0. The predicted octanol–water partition coefficient (Wildman–Crippen LogP) is 2.95. The average molecular weight is 287 g/mol. The Labute approximate surface area is 124 Å². The first-order valence-electron chi connectivity index (χ1n) is 7.34. The first-order chi connectivity index (χ1) is 10.0. The maximum atomic E-state index is 12.1. The average Bonchev–Trinajstić information content (AvgIpc) is 2.88. The molecule has 2 N–H and O–H groups in total. The van der Waals surface area contributed by atoms with Crippen LogP contribution in [0.15, 0.2) is 30.3 Å². The second-order valence-electron chi connectivity index (χ2n) is 5.79. The molecule has 1 fully saturated rings. The Balaban J connectivity index is 1.92. The summed E-state index contributed by atoms with van der Waals surface area (Å²) in [6.07, 6.45) is 6.16. The van der Waals surface area contributed by atoms with Crippen molar-refractivity contribution in [1.29, 1.82) is 0 Å². The molecule has 2 unspecified atom stereocenters. The minimum absolute atomic E-state index is 0.0971. The molecule has 112 valence electrons. The van der Waals surface area contributed by atoms with E-state index in [1.807, 2.05) is 0 Å². The largest absolute Gasteiger partial charge is 0.478 e. The number of carbonyl (C=O) groups is 2. The molecule has 0 saturated heterocycles. The lowest BCUT2D eigenvalue weighted by Gasteiger charge is -2.11. The third kappa shape index (κ3) is 4.74. The highest BCUT2D eigenvalue weighted by Crippen LogP contribution is 2.29. The van der Waals surface area contributed by atoms with Gasteiger partial charge in [-0.15, -0.1) is 0 Å². The molecule has 0 spiro atoms. The molecule has 1 aliphatic carbocycles. The van der Waals surface area contributed by atoms with Gasteiger partial charge in [0.1, 0.15) is 0 Å². The molecular formula is C17H21NO3. The van der Waals surface area contributed by atoms with E-state index in [4.69, 9.17) is 5.11 Å². The highest BCUT2D eigenvalue weighted by Gasteiger charge is 2.21. The molecule has 1 aromatic carbocycles. The molecule has 2 rings (SSSR count). The molecule has 1 aliphatic rings.